The summed E-state index contributed by atoms with van der Waals surface area (Å²) < 4.78 is 5.12. The number of aromatic nitrogens is 1. The molecular weight excluding hydrogens is 248 g/mol. The Morgan fingerprint density at radius 1 is 1.44 bits per heavy atom. The van der Waals surface area contributed by atoms with Gasteiger partial charge in [0.1, 0.15) is 0 Å². The lowest BCUT2D eigenvalue weighted by Gasteiger charge is -2.14. The summed E-state index contributed by atoms with van der Waals surface area (Å²) in [4.78, 5) is 4.39. The first-order valence-corrected chi connectivity index (χ1v) is 6.35. The Hall–Kier alpha value is -1.32. The van der Waals surface area contributed by atoms with Gasteiger partial charge in [-0.2, -0.15) is 0 Å². The van der Waals surface area contributed by atoms with Crippen LogP contribution in [-0.2, 0) is 4.74 Å². The normalized spacial score (nSPS) is 12.6. The minimum atomic E-state index is 0.438. The van der Waals surface area contributed by atoms with E-state index in [1.54, 1.807) is 13.3 Å². The molecule has 3 nitrogen and oxygen atoms in total. The standard InChI is InChI=1S/C14H17ClN2O/c1-10(9-18-2)8-17-13-7-12(15)6-11-4-3-5-16-14(11)13/h3-7,10,17H,8-9H2,1-2H3. The number of anilines is 1. The molecule has 2 rings (SSSR count). The van der Waals surface area contributed by atoms with Crippen LogP contribution in [0, 0.1) is 5.92 Å². The van der Waals surface area contributed by atoms with Crippen molar-refractivity contribution in [3.8, 4) is 0 Å². The van der Waals surface area contributed by atoms with E-state index in [-0.39, 0.29) is 0 Å². The number of halogens is 1. The van der Waals surface area contributed by atoms with Gasteiger partial charge in [0, 0.05) is 30.3 Å². The zero-order chi connectivity index (χ0) is 13.0. The Balaban J connectivity index is 2.21. The highest BCUT2D eigenvalue weighted by Gasteiger charge is 2.06. The SMILES string of the molecule is COCC(C)CNc1cc(Cl)cc2cccnc12. The van der Waals surface area contributed by atoms with Gasteiger partial charge < -0.3 is 10.1 Å². The molecule has 1 aromatic carbocycles. The summed E-state index contributed by atoms with van der Waals surface area (Å²) >= 11 is 6.11. The fourth-order valence-electron chi connectivity index (χ4n) is 1.92. The van der Waals surface area contributed by atoms with Crippen LogP contribution in [0.5, 0.6) is 0 Å². The van der Waals surface area contributed by atoms with E-state index in [4.69, 9.17) is 16.3 Å². The van der Waals surface area contributed by atoms with Gasteiger partial charge in [0.2, 0.25) is 0 Å². The van der Waals surface area contributed by atoms with E-state index < -0.39 is 0 Å². The van der Waals surface area contributed by atoms with Gasteiger partial charge in [-0.15, -0.1) is 0 Å². The van der Waals surface area contributed by atoms with Crippen LogP contribution in [0.2, 0.25) is 5.02 Å². The number of nitrogens with zero attached hydrogens (tertiary/aromatic N) is 1. The number of hydrogen-bond acceptors (Lipinski definition) is 3. The van der Waals surface area contributed by atoms with Gasteiger partial charge in [-0.05, 0) is 24.1 Å². The lowest BCUT2D eigenvalue weighted by molar-refractivity contribution is 0.164. The highest BCUT2D eigenvalue weighted by Crippen LogP contribution is 2.26. The topological polar surface area (TPSA) is 34.1 Å². The first kappa shape index (κ1) is 13.1. The van der Waals surface area contributed by atoms with E-state index in [9.17, 15) is 0 Å². The molecule has 0 aliphatic heterocycles. The Kier molecular flexibility index (Phi) is 4.39. The molecule has 0 amide bonds. The summed E-state index contributed by atoms with van der Waals surface area (Å²) in [6.45, 7) is 3.70. The molecule has 96 valence electrons. The fourth-order valence-corrected chi connectivity index (χ4v) is 2.14. The molecule has 1 atom stereocenters. The quantitative estimate of drug-likeness (QED) is 0.896. The molecule has 1 N–H and O–H groups in total. The second kappa shape index (κ2) is 6.03. The smallest absolute Gasteiger partial charge is 0.0934 e. The predicted octanol–water partition coefficient (Wildman–Crippen LogP) is 3.58. The van der Waals surface area contributed by atoms with Crippen molar-refractivity contribution in [2.75, 3.05) is 25.6 Å². The van der Waals surface area contributed by atoms with E-state index in [1.165, 1.54) is 0 Å². The average Bonchev–Trinajstić information content (AvgIpc) is 2.36. The molecule has 1 aromatic heterocycles. The first-order valence-electron chi connectivity index (χ1n) is 5.98. The van der Waals surface area contributed by atoms with E-state index in [0.29, 0.717) is 5.92 Å². The highest BCUT2D eigenvalue weighted by atomic mass is 35.5. The molecule has 0 bridgehead atoms. The molecular formula is C14H17ClN2O. The van der Waals surface area contributed by atoms with Crippen LogP contribution in [0.1, 0.15) is 6.92 Å². The maximum absolute atomic E-state index is 6.11. The summed E-state index contributed by atoms with van der Waals surface area (Å²) in [5, 5.41) is 5.15. The lowest BCUT2D eigenvalue weighted by Crippen LogP contribution is -2.16. The number of ether oxygens (including phenoxy) is 1. The van der Waals surface area contributed by atoms with Crippen LogP contribution in [0.3, 0.4) is 0 Å². The van der Waals surface area contributed by atoms with Crippen molar-refractivity contribution >= 4 is 28.2 Å². The van der Waals surface area contributed by atoms with E-state index in [1.807, 2.05) is 24.3 Å². The summed E-state index contributed by atoms with van der Waals surface area (Å²) in [5.41, 5.74) is 1.92. The zero-order valence-corrected chi connectivity index (χ0v) is 11.4. The summed E-state index contributed by atoms with van der Waals surface area (Å²) in [5.74, 6) is 0.438. The Labute approximate surface area is 112 Å². The van der Waals surface area contributed by atoms with E-state index in [2.05, 4.69) is 17.2 Å². The third-order valence-electron chi connectivity index (χ3n) is 2.76. The van der Waals surface area contributed by atoms with Gasteiger partial charge in [0.05, 0.1) is 17.8 Å². The molecule has 18 heavy (non-hydrogen) atoms. The predicted molar refractivity (Wildman–Crippen MR) is 76.3 cm³/mol. The Morgan fingerprint density at radius 2 is 2.28 bits per heavy atom. The van der Waals surface area contributed by atoms with Crippen molar-refractivity contribution in [2.24, 2.45) is 5.92 Å². The molecule has 4 heteroatoms. The second-order valence-corrected chi connectivity index (χ2v) is 4.91. The number of hydrogen-bond donors (Lipinski definition) is 1. The molecule has 0 aliphatic carbocycles. The van der Waals surface area contributed by atoms with Crippen LogP contribution in [0.25, 0.3) is 10.9 Å². The largest absolute Gasteiger partial charge is 0.384 e. The average molecular weight is 265 g/mol. The van der Waals surface area contributed by atoms with Gasteiger partial charge >= 0.3 is 0 Å². The van der Waals surface area contributed by atoms with Crippen molar-refractivity contribution in [1.82, 2.24) is 4.98 Å². The van der Waals surface area contributed by atoms with Gasteiger partial charge in [0.15, 0.2) is 0 Å². The number of methoxy groups -OCH3 is 1. The Bertz CT molecular complexity index is 530. The molecule has 0 radical (unpaired) electrons. The zero-order valence-electron chi connectivity index (χ0n) is 10.6. The molecule has 0 fully saturated rings. The maximum Gasteiger partial charge on any atom is 0.0934 e. The maximum atomic E-state index is 6.11. The third kappa shape index (κ3) is 3.12. The molecule has 0 saturated carbocycles. The van der Waals surface area contributed by atoms with Crippen molar-refractivity contribution in [1.29, 1.82) is 0 Å². The van der Waals surface area contributed by atoms with Gasteiger partial charge in [0.25, 0.3) is 0 Å². The number of pyridine rings is 1. The second-order valence-electron chi connectivity index (χ2n) is 4.47. The summed E-state index contributed by atoms with van der Waals surface area (Å²) in [6, 6.07) is 7.76. The van der Waals surface area contributed by atoms with Gasteiger partial charge in [-0.3, -0.25) is 4.98 Å². The molecule has 0 spiro atoms. The van der Waals surface area contributed by atoms with Gasteiger partial charge in [-0.1, -0.05) is 24.6 Å². The van der Waals surface area contributed by atoms with Crippen LogP contribution in [0.15, 0.2) is 30.5 Å². The molecule has 0 aliphatic rings. The van der Waals surface area contributed by atoms with Crippen LogP contribution in [-0.4, -0.2) is 25.2 Å². The molecule has 0 saturated heterocycles. The fraction of sp³-hybridized carbons (Fsp3) is 0.357. The third-order valence-corrected chi connectivity index (χ3v) is 2.98. The van der Waals surface area contributed by atoms with Gasteiger partial charge in [-0.25, -0.2) is 0 Å². The van der Waals surface area contributed by atoms with Crippen molar-refractivity contribution in [3.63, 3.8) is 0 Å². The van der Waals surface area contributed by atoms with Crippen molar-refractivity contribution < 1.29 is 4.74 Å². The van der Waals surface area contributed by atoms with Crippen LogP contribution in [0.4, 0.5) is 5.69 Å². The van der Waals surface area contributed by atoms with Crippen LogP contribution < -0.4 is 5.32 Å². The van der Waals surface area contributed by atoms with E-state index >= 15 is 0 Å². The number of benzene rings is 1. The summed E-state index contributed by atoms with van der Waals surface area (Å²) in [7, 11) is 1.72. The minimum Gasteiger partial charge on any atom is -0.384 e. The molecule has 2 aromatic rings. The monoisotopic (exact) mass is 264 g/mol. The molecule has 1 unspecified atom stereocenters. The molecule has 1 heterocycles. The number of nitrogens with one attached hydrogen (secondary N) is 1. The van der Waals surface area contributed by atoms with Crippen molar-refractivity contribution in [3.05, 3.63) is 35.5 Å². The number of fused-ring (bicyclic) bond motifs is 1. The lowest BCUT2D eigenvalue weighted by atomic mass is 10.1. The highest BCUT2D eigenvalue weighted by molar-refractivity contribution is 6.31. The van der Waals surface area contributed by atoms with Crippen molar-refractivity contribution in [2.45, 2.75) is 6.92 Å². The Morgan fingerprint density at radius 3 is 3.06 bits per heavy atom. The minimum absolute atomic E-state index is 0.438. The number of rotatable bonds is 5. The summed E-state index contributed by atoms with van der Waals surface area (Å²) in [6.07, 6.45) is 1.79. The van der Waals surface area contributed by atoms with Crippen LogP contribution >= 0.6 is 11.6 Å². The first-order chi connectivity index (χ1) is 8.70. The van der Waals surface area contributed by atoms with E-state index in [0.717, 1.165) is 34.8 Å².